The summed E-state index contributed by atoms with van der Waals surface area (Å²) in [5.74, 6) is 6.22. The summed E-state index contributed by atoms with van der Waals surface area (Å²) in [6.07, 6.45) is 3.63. The van der Waals surface area contributed by atoms with Gasteiger partial charge in [0.2, 0.25) is 0 Å². The summed E-state index contributed by atoms with van der Waals surface area (Å²) in [5, 5.41) is 0. The Hall–Kier alpha value is -1.72. The molecule has 1 atom stereocenters. The summed E-state index contributed by atoms with van der Waals surface area (Å²) in [6.45, 7) is 4.58. The number of aromatic nitrogens is 2. The molecule has 0 aliphatic rings. The number of aryl methyl sites for hydroxylation is 2. The van der Waals surface area contributed by atoms with Crippen molar-refractivity contribution in [2.24, 2.45) is 5.84 Å². The van der Waals surface area contributed by atoms with Gasteiger partial charge in [-0.15, -0.1) is 0 Å². The molecule has 1 aromatic heterocycles. The fraction of sp³-hybridized carbons (Fsp3) is 0.308. The van der Waals surface area contributed by atoms with Crippen LogP contribution >= 0.6 is 0 Å². The van der Waals surface area contributed by atoms with Gasteiger partial charge in [0.15, 0.2) is 0 Å². The first-order valence-electron chi connectivity index (χ1n) is 5.90. The molecule has 0 saturated heterocycles. The Bertz CT molecular complexity index is 536. The molecule has 0 bridgehead atoms. The monoisotopic (exact) mass is 248 g/mol. The second-order valence-corrected chi connectivity index (χ2v) is 4.18. The lowest BCUT2D eigenvalue weighted by atomic mass is 10.0. The van der Waals surface area contributed by atoms with Gasteiger partial charge < -0.3 is 4.57 Å². The molecule has 1 unspecified atom stereocenters. The van der Waals surface area contributed by atoms with Crippen molar-refractivity contribution in [3.8, 4) is 0 Å². The SMILES string of the molecule is CCn1ccnc1C(NN)c1ccc(F)c(C)c1. The number of hydrogen-bond donors (Lipinski definition) is 2. The standard InChI is InChI=1S/C13H17FN4/c1-3-18-7-6-16-13(18)12(17-15)10-4-5-11(14)9(2)8-10/h4-8,12,17H,3,15H2,1-2H3. The zero-order valence-corrected chi connectivity index (χ0v) is 10.5. The fourth-order valence-electron chi connectivity index (χ4n) is 2.02. The summed E-state index contributed by atoms with van der Waals surface area (Å²) in [5.41, 5.74) is 4.24. The lowest BCUT2D eigenvalue weighted by Gasteiger charge is -2.17. The average molecular weight is 248 g/mol. The van der Waals surface area contributed by atoms with Crippen LogP contribution in [0.2, 0.25) is 0 Å². The van der Waals surface area contributed by atoms with Crippen molar-refractivity contribution >= 4 is 0 Å². The third kappa shape index (κ3) is 2.27. The van der Waals surface area contributed by atoms with Crippen LogP contribution in [0.5, 0.6) is 0 Å². The van der Waals surface area contributed by atoms with Gasteiger partial charge in [-0.2, -0.15) is 0 Å². The van der Waals surface area contributed by atoms with Crippen molar-refractivity contribution in [3.63, 3.8) is 0 Å². The van der Waals surface area contributed by atoms with Crippen molar-refractivity contribution in [1.82, 2.24) is 15.0 Å². The van der Waals surface area contributed by atoms with E-state index in [2.05, 4.69) is 10.4 Å². The molecular formula is C13H17FN4. The zero-order chi connectivity index (χ0) is 13.1. The van der Waals surface area contributed by atoms with Gasteiger partial charge in [0.25, 0.3) is 0 Å². The van der Waals surface area contributed by atoms with E-state index < -0.39 is 0 Å². The Morgan fingerprint density at radius 1 is 1.50 bits per heavy atom. The summed E-state index contributed by atoms with van der Waals surface area (Å²) in [6, 6.07) is 4.73. The molecule has 0 aliphatic heterocycles. The second-order valence-electron chi connectivity index (χ2n) is 4.18. The highest BCUT2D eigenvalue weighted by Crippen LogP contribution is 2.22. The summed E-state index contributed by atoms with van der Waals surface area (Å²) in [7, 11) is 0. The predicted molar refractivity (Wildman–Crippen MR) is 68.2 cm³/mol. The first kappa shape index (κ1) is 12.7. The number of hydrogen-bond acceptors (Lipinski definition) is 3. The maximum absolute atomic E-state index is 13.3. The van der Waals surface area contributed by atoms with Crippen LogP contribution in [0.15, 0.2) is 30.6 Å². The van der Waals surface area contributed by atoms with Crippen LogP contribution in [-0.4, -0.2) is 9.55 Å². The maximum Gasteiger partial charge on any atom is 0.131 e. The van der Waals surface area contributed by atoms with Crippen molar-refractivity contribution in [2.75, 3.05) is 0 Å². The van der Waals surface area contributed by atoms with Crippen LogP contribution in [0.3, 0.4) is 0 Å². The highest BCUT2D eigenvalue weighted by molar-refractivity contribution is 5.30. The van der Waals surface area contributed by atoms with Gasteiger partial charge in [-0.3, -0.25) is 5.84 Å². The Kier molecular flexibility index (Phi) is 3.74. The van der Waals surface area contributed by atoms with Crippen LogP contribution in [-0.2, 0) is 6.54 Å². The van der Waals surface area contributed by atoms with Gasteiger partial charge in [-0.05, 0) is 31.0 Å². The number of hydrazine groups is 1. The molecule has 0 radical (unpaired) electrons. The lowest BCUT2D eigenvalue weighted by Crippen LogP contribution is -2.31. The minimum Gasteiger partial charge on any atom is -0.334 e. The molecule has 18 heavy (non-hydrogen) atoms. The van der Waals surface area contributed by atoms with E-state index in [1.807, 2.05) is 17.7 Å². The van der Waals surface area contributed by atoms with Crippen molar-refractivity contribution in [1.29, 1.82) is 0 Å². The molecular weight excluding hydrogens is 231 g/mol. The number of nitrogens with one attached hydrogen (secondary N) is 1. The van der Waals surface area contributed by atoms with Gasteiger partial charge in [0.05, 0.1) is 0 Å². The third-order valence-corrected chi connectivity index (χ3v) is 3.03. The molecule has 0 amide bonds. The highest BCUT2D eigenvalue weighted by Gasteiger charge is 2.18. The lowest BCUT2D eigenvalue weighted by molar-refractivity contribution is 0.557. The molecule has 3 N–H and O–H groups in total. The van der Waals surface area contributed by atoms with Crippen molar-refractivity contribution in [2.45, 2.75) is 26.4 Å². The van der Waals surface area contributed by atoms with E-state index in [9.17, 15) is 4.39 Å². The quantitative estimate of drug-likeness (QED) is 0.642. The van der Waals surface area contributed by atoms with E-state index >= 15 is 0 Å². The average Bonchev–Trinajstić information content (AvgIpc) is 2.83. The molecule has 5 heteroatoms. The molecule has 0 spiro atoms. The van der Waals surface area contributed by atoms with E-state index in [0.29, 0.717) is 5.56 Å². The summed E-state index contributed by atoms with van der Waals surface area (Å²) < 4.78 is 15.3. The molecule has 1 heterocycles. The van der Waals surface area contributed by atoms with Crippen LogP contribution in [0, 0.1) is 12.7 Å². The molecule has 2 aromatic rings. The molecule has 2 rings (SSSR count). The Morgan fingerprint density at radius 2 is 2.28 bits per heavy atom. The summed E-state index contributed by atoms with van der Waals surface area (Å²) in [4.78, 5) is 4.31. The minimum absolute atomic E-state index is 0.214. The van der Waals surface area contributed by atoms with E-state index in [0.717, 1.165) is 17.9 Å². The second kappa shape index (κ2) is 5.29. The number of imidazole rings is 1. The van der Waals surface area contributed by atoms with Gasteiger partial charge in [0.1, 0.15) is 17.7 Å². The Balaban J connectivity index is 2.42. The first-order chi connectivity index (χ1) is 8.67. The fourth-order valence-corrected chi connectivity index (χ4v) is 2.02. The van der Waals surface area contributed by atoms with Gasteiger partial charge in [-0.1, -0.05) is 12.1 Å². The molecule has 96 valence electrons. The molecule has 0 fully saturated rings. The van der Waals surface area contributed by atoms with Crippen molar-refractivity contribution < 1.29 is 4.39 Å². The third-order valence-electron chi connectivity index (χ3n) is 3.03. The smallest absolute Gasteiger partial charge is 0.131 e. The number of halogens is 1. The largest absolute Gasteiger partial charge is 0.334 e. The maximum atomic E-state index is 13.3. The minimum atomic E-state index is -0.237. The van der Waals surface area contributed by atoms with Crippen molar-refractivity contribution in [3.05, 3.63) is 53.4 Å². The highest BCUT2D eigenvalue weighted by atomic mass is 19.1. The Morgan fingerprint density at radius 3 is 2.89 bits per heavy atom. The first-order valence-corrected chi connectivity index (χ1v) is 5.90. The summed E-state index contributed by atoms with van der Waals surface area (Å²) >= 11 is 0. The van der Waals surface area contributed by atoms with Gasteiger partial charge in [0, 0.05) is 18.9 Å². The molecule has 0 saturated carbocycles. The van der Waals surface area contributed by atoms with E-state index in [4.69, 9.17) is 5.84 Å². The predicted octanol–water partition coefficient (Wildman–Crippen LogP) is 1.90. The number of benzene rings is 1. The van der Waals surface area contributed by atoms with Gasteiger partial charge >= 0.3 is 0 Å². The molecule has 4 nitrogen and oxygen atoms in total. The zero-order valence-electron chi connectivity index (χ0n) is 10.5. The van der Waals surface area contributed by atoms with Crippen LogP contribution < -0.4 is 11.3 Å². The van der Waals surface area contributed by atoms with E-state index in [-0.39, 0.29) is 11.9 Å². The van der Waals surface area contributed by atoms with Gasteiger partial charge in [-0.25, -0.2) is 14.8 Å². The molecule has 0 aliphatic carbocycles. The molecule has 1 aromatic carbocycles. The van der Waals surface area contributed by atoms with Crippen LogP contribution in [0.1, 0.15) is 29.9 Å². The normalized spacial score (nSPS) is 12.7. The van der Waals surface area contributed by atoms with E-state index in [1.165, 1.54) is 6.07 Å². The number of nitrogens with two attached hydrogens (primary N) is 1. The van der Waals surface area contributed by atoms with Crippen LogP contribution in [0.4, 0.5) is 4.39 Å². The van der Waals surface area contributed by atoms with E-state index in [1.54, 1.807) is 25.3 Å². The van der Waals surface area contributed by atoms with Crippen LogP contribution in [0.25, 0.3) is 0 Å². The number of nitrogens with zero attached hydrogens (tertiary/aromatic N) is 2. The Labute approximate surface area is 106 Å². The number of rotatable bonds is 4. The topological polar surface area (TPSA) is 55.9 Å².